The smallest absolute Gasteiger partial charge is 0.328 e. The summed E-state index contributed by atoms with van der Waals surface area (Å²) in [4.78, 5) is 21.5. The highest BCUT2D eigenvalue weighted by Gasteiger charge is 2.29. The predicted molar refractivity (Wildman–Crippen MR) is 103 cm³/mol. The molecule has 1 aromatic carbocycles. The van der Waals surface area contributed by atoms with Gasteiger partial charge in [0, 0.05) is 36.8 Å². The van der Waals surface area contributed by atoms with Crippen LogP contribution >= 0.6 is 0 Å². The summed E-state index contributed by atoms with van der Waals surface area (Å²) >= 11 is 0. The molecule has 0 saturated carbocycles. The molecule has 3 rings (SSSR count). The van der Waals surface area contributed by atoms with Crippen molar-refractivity contribution in [2.45, 2.75) is 32.2 Å². The van der Waals surface area contributed by atoms with Crippen molar-refractivity contribution in [3.63, 3.8) is 0 Å². The van der Waals surface area contributed by atoms with E-state index in [1.54, 1.807) is 6.07 Å². The van der Waals surface area contributed by atoms with Crippen molar-refractivity contribution in [2.75, 3.05) is 19.7 Å². The summed E-state index contributed by atoms with van der Waals surface area (Å²) in [6.45, 7) is 4.08. The minimum atomic E-state index is -1.26. The van der Waals surface area contributed by atoms with E-state index in [0.717, 1.165) is 37.0 Å². The van der Waals surface area contributed by atoms with Crippen LogP contribution in [0.1, 0.15) is 37.9 Å². The van der Waals surface area contributed by atoms with E-state index in [4.69, 9.17) is 14.7 Å². The van der Waals surface area contributed by atoms with Gasteiger partial charge in [-0.15, -0.1) is 0 Å². The van der Waals surface area contributed by atoms with Gasteiger partial charge in [0.25, 0.3) is 0 Å². The maximum atomic E-state index is 13.3. The second kappa shape index (κ2) is 10.7. The Morgan fingerprint density at radius 2 is 2.00 bits per heavy atom. The van der Waals surface area contributed by atoms with Crippen molar-refractivity contribution >= 4 is 22.9 Å². The normalized spacial score (nSPS) is 18.4. The fraction of sp³-hybridized carbons (Fsp3) is 0.450. The Morgan fingerprint density at radius 1 is 1.31 bits per heavy atom. The quantitative estimate of drug-likeness (QED) is 0.624. The van der Waals surface area contributed by atoms with Gasteiger partial charge in [-0.3, -0.25) is 4.90 Å². The number of aliphatic carboxylic acids is 2. The van der Waals surface area contributed by atoms with Gasteiger partial charge in [-0.25, -0.2) is 14.0 Å². The van der Waals surface area contributed by atoms with Gasteiger partial charge in [0.2, 0.25) is 0 Å². The fourth-order valence-corrected chi connectivity index (χ4v) is 3.29. The van der Waals surface area contributed by atoms with Crippen LogP contribution in [0.4, 0.5) is 4.39 Å². The number of benzene rings is 1. The number of aromatic nitrogens is 1. The van der Waals surface area contributed by atoms with Crippen LogP contribution in [0.25, 0.3) is 11.0 Å². The second-order valence-electron chi connectivity index (χ2n) is 7.01. The Bertz CT molecular complexity index is 850. The van der Waals surface area contributed by atoms with Gasteiger partial charge in [0.1, 0.15) is 11.5 Å². The summed E-state index contributed by atoms with van der Waals surface area (Å²) in [5.41, 5.74) is 1.40. The number of likely N-dealkylation sites (tertiary alicyclic amines) is 1. The molecule has 158 valence electrons. The molecule has 1 fully saturated rings. The van der Waals surface area contributed by atoms with Crippen molar-refractivity contribution in [1.29, 1.82) is 0 Å². The van der Waals surface area contributed by atoms with Crippen molar-refractivity contribution in [3.05, 3.63) is 41.9 Å². The number of aliphatic hydroxyl groups excluding tert-OH is 1. The van der Waals surface area contributed by atoms with Crippen LogP contribution in [0.15, 0.2) is 34.9 Å². The number of piperidine rings is 1. The Balaban J connectivity index is 0.000000321. The molecule has 1 aromatic heterocycles. The van der Waals surface area contributed by atoms with Crippen molar-refractivity contribution in [2.24, 2.45) is 5.92 Å². The molecule has 0 amide bonds. The molecule has 1 saturated heterocycles. The van der Waals surface area contributed by atoms with Crippen molar-refractivity contribution < 1.29 is 33.8 Å². The van der Waals surface area contributed by atoms with E-state index in [1.807, 2.05) is 6.92 Å². The highest BCUT2D eigenvalue weighted by Crippen LogP contribution is 2.35. The number of fused-ring (bicyclic) bond motifs is 1. The third kappa shape index (κ3) is 6.65. The molecule has 2 atom stereocenters. The summed E-state index contributed by atoms with van der Waals surface area (Å²) in [6.07, 6.45) is 4.46. The van der Waals surface area contributed by atoms with Gasteiger partial charge >= 0.3 is 11.9 Å². The topological polar surface area (TPSA) is 124 Å². The minimum absolute atomic E-state index is 0.188. The van der Waals surface area contributed by atoms with Gasteiger partial charge in [-0.05, 0) is 37.4 Å². The number of nitrogens with zero attached hydrogens (tertiary/aromatic N) is 2. The number of halogens is 1. The zero-order valence-electron chi connectivity index (χ0n) is 16.1. The summed E-state index contributed by atoms with van der Waals surface area (Å²) in [7, 11) is 0. The highest BCUT2D eigenvalue weighted by atomic mass is 19.1. The summed E-state index contributed by atoms with van der Waals surface area (Å²) < 4.78 is 18.6. The number of hydrogen-bond donors (Lipinski definition) is 3. The van der Waals surface area contributed by atoms with Crippen LogP contribution < -0.4 is 0 Å². The molecular weight excluding hydrogens is 383 g/mol. The first kappa shape index (κ1) is 22.5. The molecule has 0 spiro atoms. The number of rotatable bonds is 6. The van der Waals surface area contributed by atoms with Crippen LogP contribution in [0.2, 0.25) is 0 Å². The number of aliphatic hydroxyl groups is 1. The molecule has 29 heavy (non-hydrogen) atoms. The third-order valence-corrected chi connectivity index (χ3v) is 4.62. The Hall–Kier alpha value is -2.78. The summed E-state index contributed by atoms with van der Waals surface area (Å²) in [5, 5.41) is 30.0. The molecule has 0 aliphatic carbocycles. The molecule has 3 N–H and O–H groups in total. The van der Waals surface area contributed by atoms with E-state index in [2.05, 4.69) is 10.1 Å². The molecule has 8 nitrogen and oxygen atoms in total. The van der Waals surface area contributed by atoms with Crippen LogP contribution in [-0.4, -0.2) is 57.0 Å². The van der Waals surface area contributed by atoms with Crippen molar-refractivity contribution in [3.8, 4) is 0 Å². The number of carboxylic acids is 2. The number of carboxylic acid groups (broad SMARTS) is 2. The third-order valence-electron chi connectivity index (χ3n) is 4.62. The first-order valence-electron chi connectivity index (χ1n) is 9.35. The van der Waals surface area contributed by atoms with Crippen LogP contribution in [-0.2, 0) is 9.59 Å². The van der Waals surface area contributed by atoms with E-state index < -0.39 is 11.9 Å². The molecule has 0 radical (unpaired) electrons. The van der Waals surface area contributed by atoms with Crippen LogP contribution in [0.5, 0.6) is 0 Å². The van der Waals surface area contributed by atoms with Gasteiger partial charge in [0.15, 0.2) is 5.58 Å². The lowest BCUT2D eigenvalue weighted by Gasteiger charge is -2.36. The molecule has 1 unspecified atom stereocenters. The maximum Gasteiger partial charge on any atom is 0.328 e. The molecule has 1 aliphatic rings. The lowest BCUT2D eigenvalue weighted by molar-refractivity contribution is -0.134. The van der Waals surface area contributed by atoms with Crippen LogP contribution in [0.3, 0.4) is 0 Å². The molecule has 2 heterocycles. The lowest BCUT2D eigenvalue weighted by atomic mass is 9.96. The Kier molecular flexibility index (Phi) is 8.29. The molecule has 2 aromatic rings. The van der Waals surface area contributed by atoms with Crippen molar-refractivity contribution in [1.82, 2.24) is 10.1 Å². The van der Waals surface area contributed by atoms with Gasteiger partial charge in [-0.1, -0.05) is 18.5 Å². The monoisotopic (exact) mass is 408 g/mol. The SMILES string of the molecule is CC(CO)CN1CCCC[C@@H]1c1noc2cc(F)ccc12.O=C(O)/C=C/C(=O)O. The largest absolute Gasteiger partial charge is 0.478 e. The zero-order valence-corrected chi connectivity index (χ0v) is 16.1. The average molecular weight is 408 g/mol. The summed E-state index contributed by atoms with van der Waals surface area (Å²) in [5.74, 6) is -2.58. The molecule has 0 bridgehead atoms. The average Bonchev–Trinajstić information content (AvgIpc) is 3.10. The van der Waals surface area contributed by atoms with E-state index in [9.17, 15) is 19.1 Å². The van der Waals surface area contributed by atoms with E-state index in [1.165, 1.54) is 18.6 Å². The van der Waals surface area contributed by atoms with Gasteiger partial charge in [0.05, 0.1) is 6.04 Å². The Morgan fingerprint density at radius 3 is 2.62 bits per heavy atom. The molecular formula is C20H25FN2O6. The number of hydrogen-bond acceptors (Lipinski definition) is 6. The first-order chi connectivity index (χ1) is 13.8. The van der Waals surface area contributed by atoms with Gasteiger partial charge in [-0.2, -0.15) is 0 Å². The van der Waals surface area contributed by atoms with Gasteiger partial charge < -0.3 is 19.8 Å². The fourth-order valence-electron chi connectivity index (χ4n) is 3.29. The second-order valence-corrected chi connectivity index (χ2v) is 7.01. The Labute approximate surface area is 167 Å². The van der Waals surface area contributed by atoms with E-state index in [0.29, 0.717) is 17.7 Å². The van der Waals surface area contributed by atoms with E-state index >= 15 is 0 Å². The molecule has 9 heteroatoms. The lowest BCUT2D eigenvalue weighted by Crippen LogP contribution is -2.37. The molecule has 1 aliphatic heterocycles. The van der Waals surface area contributed by atoms with E-state index in [-0.39, 0.29) is 24.4 Å². The summed E-state index contributed by atoms with van der Waals surface area (Å²) in [6, 6.07) is 4.78. The minimum Gasteiger partial charge on any atom is -0.478 e. The highest BCUT2D eigenvalue weighted by molar-refractivity contribution is 5.89. The first-order valence-corrected chi connectivity index (χ1v) is 9.35. The predicted octanol–water partition coefficient (Wildman–Crippen LogP) is 2.83. The zero-order chi connectivity index (χ0) is 21.4. The standard InChI is InChI=1S/C16H21FN2O2.C4H4O4/c1-11(10-20)9-19-7-3-2-4-14(19)16-13-6-5-12(17)8-15(13)21-18-16;5-3(6)1-2-4(7)8/h5-6,8,11,14,20H,2-4,7,9-10H2,1H3;1-2H,(H,5,6)(H,7,8)/b;2-1+/t11?,14-;/m1./s1. The number of carbonyl (C=O) groups is 2. The maximum absolute atomic E-state index is 13.3. The van der Waals surface area contributed by atoms with Crippen LogP contribution in [0, 0.1) is 11.7 Å².